The lowest BCUT2D eigenvalue weighted by molar-refractivity contribution is 0.529. The van der Waals surface area contributed by atoms with Crippen LogP contribution in [0.15, 0.2) is 17.4 Å². The molecule has 3 rings (SSSR count). The highest BCUT2D eigenvalue weighted by molar-refractivity contribution is 5.68. The molecule has 1 fully saturated rings. The van der Waals surface area contributed by atoms with E-state index < -0.39 is 0 Å². The summed E-state index contributed by atoms with van der Waals surface area (Å²) in [4.78, 5) is 22.3. The van der Waals surface area contributed by atoms with Crippen LogP contribution in [0, 0.1) is 0 Å². The van der Waals surface area contributed by atoms with Gasteiger partial charge in [-0.1, -0.05) is 12.8 Å². The van der Waals surface area contributed by atoms with Gasteiger partial charge in [0.25, 0.3) is 5.56 Å². The molecule has 78 valence electrons. The molecule has 1 aliphatic carbocycles. The lowest BCUT2D eigenvalue weighted by Gasteiger charge is -2.10. The Kier molecular flexibility index (Phi) is 1.83. The van der Waals surface area contributed by atoms with Crippen molar-refractivity contribution in [1.29, 1.82) is 0 Å². The van der Waals surface area contributed by atoms with Crippen LogP contribution in [0.2, 0.25) is 0 Å². The first-order valence-electron chi connectivity index (χ1n) is 5.26. The Morgan fingerprint density at radius 1 is 1.33 bits per heavy atom. The molecule has 2 aromatic heterocycles. The maximum absolute atomic E-state index is 11.4. The zero-order valence-electron chi connectivity index (χ0n) is 8.31. The van der Waals surface area contributed by atoms with E-state index in [-0.39, 0.29) is 5.56 Å². The van der Waals surface area contributed by atoms with Crippen LogP contribution in [-0.4, -0.2) is 19.5 Å². The second kappa shape index (κ2) is 3.18. The van der Waals surface area contributed by atoms with Gasteiger partial charge in [0.15, 0.2) is 11.2 Å². The van der Waals surface area contributed by atoms with Crippen molar-refractivity contribution in [2.75, 3.05) is 0 Å². The number of fused-ring (bicyclic) bond motifs is 1. The highest BCUT2D eigenvalue weighted by Gasteiger charge is 2.19. The maximum Gasteiger partial charge on any atom is 0.278 e. The maximum atomic E-state index is 11.4. The first-order chi connectivity index (χ1) is 7.36. The molecule has 5 heteroatoms. The molecule has 5 nitrogen and oxygen atoms in total. The predicted octanol–water partition coefficient (Wildman–Crippen LogP) is 1.23. The Balaban J connectivity index is 2.19. The van der Waals surface area contributed by atoms with Gasteiger partial charge >= 0.3 is 0 Å². The fourth-order valence-corrected chi connectivity index (χ4v) is 2.31. The normalized spacial score (nSPS) is 17.6. The third kappa shape index (κ3) is 1.26. The van der Waals surface area contributed by atoms with Crippen LogP contribution in [0.1, 0.15) is 31.7 Å². The summed E-state index contributed by atoms with van der Waals surface area (Å²) in [5, 5.41) is 0. The molecule has 0 atom stereocenters. The molecule has 0 saturated heterocycles. The van der Waals surface area contributed by atoms with Gasteiger partial charge in [-0.05, 0) is 12.8 Å². The second-order valence-electron chi connectivity index (χ2n) is 3.99. The summed E-state index contributed by atoms with van der Waals surface area (Å²) in [7, 11) is 0. The third-order valence-corrected chi connectivity index (χ3v) is 3.08. The number of rotatable bonds is 1. The van der Waals surface area contributed by atoms with E-state index in [2.05, 4.69) is 15.0 Å². The van der Waals surface area contributed by atoms with E-state index in [1.807, 2.05) is 4.57 Å². The predicted molar refractivity (Wildman–Crippen MR) is 55.7 cm³/mol. The number of aromatic nitrogens is 4. The molecule has 0 amide bonds. The molecule has 15 heavy (non-hydrogen) atoms. The van der Waals surface area contributed by atoms with E-state index in [4.69, 9.17) is 0 Å². The van der Waals surface area contributed by atoms with Crippen LogP contribution in [0.5, 0.6) is 0 Å². The van der Waals surface area contributed by atoms with Crippen molar-refractivity contribution >= 4 is 11.2 Å². The first-order valence-corrected chi connectivity index (χ1v) is 5.26. The molecule has 1 N–H and O–H groups in total. The molecular weight excluding hydrogens is 192 g/mol. The van der Waals surface area contributed by atoms with Crippen molar-refractivity contribution in [1.82, 2.24) is 19.5 Å². The fourth-order valence-electron chi connectivity index (χ4n) is 2.31. The van der Waals surface area contributed by atoms with E-state index in [1.54, 1.807) is 6.33 Å². The highest BCUT2D eigenvalue weighted by atomic mass is 16.1. The minimum absolute atomic E-state index is 0.156. The van der Waals surface area contributed by atoms with Gasteiger partial charge in [-0.15, -0.1) is 0 Å². The summed E-state index contributed by atoms with van der Waals surface area (Å²) < 4.78 is 2.04. The van der Waals surface area contributed by atoms with Gasteiger partial charge < -0.3 is 9.55 Å². The lowest BCUT2D eigenvalue weighted by atomic mass is 10.2. The van der Waals surface area contributed by atoms with Gasteiger partial charge in [0.2, 0.25) is 0 Å². The third-order valence-electron chi connectivity index (χ3n) is 3.08. The smallest absolute Gasteiger partial charge is 0.278 e. The quantitative estimate of drug-likeness (QED) is 0.760. The Morgan fingerprint density at radius 2 is 2.13 bits per heavy atom. The number of nitrogens with one attached hydrogen (secondary N) is 1. The zero-order valence-corrected chi connectivity index (χ0v) is 8.31. The van der Waals surface area contributed by atoms with Gasteiger partial charge in [-0.2, -0.15) is 0 Å². The van der Waals surface area contributed by atoms with Gasteiger partial charge in [0.05, 0.1) is 12.7 Å². The van der Waals surface area contributed by atoms with Crippen molar-refractivity contribution in [3.63, 3.8) is 0 Å². The average Bonchev–Trinajstić information content (AvgIpc) is 2.85. The van der Waals surface area contributed by atoms with Crippen LogP contribution < -0.4 is 5.56 Å². The minimum Gasteiger partial charge on any atom is -0.312 e. The van der Waals surface area contributed by atoms with E-state index in [0.717, 1.165) is 0 Å². The van der Waals surface area contributed by atoms with Gasteiger partial charge in [0, 0.05) is 6.04 Å². The molecule has 0 spiro atoms. The Labute approximate surface area is 86.2 Å². The van der Waals surface area contributed by atoms with E-state index >= 15 is 0 Å². The van der Waals surface area contributed by atoms with E-state index in [0.29, 0.717) is 17.2 Å². The van der Waals surface area contributed by atoms with E-state index in [9.17, 15) is 4.79 Å². The number of hydrogen-bond donors (Lipinski definition) is 1. The topological polar surface area (TPSA) is 63.6 Å². The van der Waals surface area contributed by atoms with Crippen LogP contribution in [0.4, 0.5) is 0 Å². The molecule has 1 aliphatic rings. The largest absolute Gasteiger partial charge is 0.312 e. The van der Waals surface area contributed by atoms with Crippen LogP contribution >= 0.6 is 0 Å². The van der Waals surface area contributed by atoms with Crippen molar-refractivity contribution in [3.05, 3.63) is 23.0 Å². The molecular formula is C10H12N4O. The molecule has 2 heterocycles. The molecule has 0 aromatic carbocycles. The summed E-state index contributed by atoms with van der Waals surface area (Å²) >= 11 is 0. The molecule has 0 radical (unpaired) electrons. The summed E-state index contributed by atoms with van der Waals surface area (Å²) in [6.45, 7) is 0. The monoisotopic (exact) mass is 204 g/mol. The molecule has 0 aliphatic heterocycles. The standard InChI is InChI=1S/C10H12N4O/c15-10-8-9(11-5-12-10)14(6-13-8)7-3-1-2-4-7/h5-7H,1-4H2,(H,11,12,15). The van der Waals surface area contributed by atoms with E-state index in [1.165, 1.54) is 32.0 Å². The van der Waals surface area contributed by atoms with Crippen molar-refractivity contribution in [2.24, 2.45) is 0 Å². The van der Waals surface area contributed by atoms with Crippen molar-refractivity contribution < 1.29 is 0 Å². The van der Waals surface area contributed by atoms with Crippen molar-refractivity contribution in [3.8, 4) is 0 Å². The summed E-state index contributed by atoms with van der Waals surface area (Å²) in [5.74, 6) is 0. The molecule has 0 bridgehead atoms. The zero-order chi connectivity index (χ0) is 10.3. The summed E-state index contributed by atoms with van der Waals surface area (Å²) in [6.07, 6.45) is 8.03. The lowest BCUT2D eigenvalue weighted by Crippen LogP contribution is -2.09. The number of nitrogens with zero attached hydrogens (tertiary/aromatic N) is 3. The Morgan fingerprint density at radius 3 is 2.93 bits per heavy atom. The average molecular weight is 204 g/mol. The molecule has 2 aromatic rings. The fraction of sp³-hybridized carbons (Fsp3) is 0.500. The Bertz CT molecular complexity index is 536. The van der Waals surface area contributed by atoms with Gasteiger partial charge in [0.1, 0.15) is 0 Å². The van der Waals surface area contributed by atoms with Crippen molar-refractivity contribution in [2.45, 2.75) is 31.7 Å². The number of imidazole rings is 1. The van der Waals surface area contributed by atoms with Gasteiger partial charge in [-0.25, -0.2) is 9.97 Å². The number of aromatic amines is 1. The Hall–Kier alpha value is -1.65. The summed E-state index contributed by atoms with van der Waals surface area (Å²) in [5.41, 5.74) is 1.01. The molecule has 0 unspecified atom stereocenters. The SMILES string of the molecule is O=c1[nH]cnc2c1ncn2C1CCCC1. The second-order valence-corrected chi connectivity index (χ2v) is 3.99. The van der Waals surface area contributed by atoms with Crippen LogP contribution in [-0.2, 0) is 0 Å². The number of hydrogen-bond acceptors (Lipinski definition) is 3. The minimum atomic E-state index is -0.156. The highest BCUT2D eigenvalue weighted by Crippen LogP contribution is 2.30. The number of H-pyrrole nitrogens is 1. The first kappa shape index (κ1) is 8.64. The summed E-state index contributed by atoms with van der Waals surface area (Å²) in [6, 6.07) is 0.476. The molecule has 1 saturated carbocycles. The van der Waals surface area contributed by atoms with Crippen LogP contribution in [0.25, 0.3) is 11.2 Å². The van der Waals surface area contributed by atoms with Gasteiger partial charge in [-0.3, -0.25) is 4.79 Å². The van der Waals surface area contributed by atoms with Crippen LogP contribution in [0.3, 0.4) is 0 Å².